The lowest BCUT2D eigenvalue weighted by atomic mass is 10.2. The van der Waals surface area contributed by atoms with Gasteiger partial charge in [-0.2, -0.15) is 0 Å². The van der Waals surface area contributed by atoms with E-state index >= 15 is 0 Å². The SMILES string of the molecule is O=Cc1coc2cc(I)ccc2c1=O. The van der Waals surface area contributed by atoms with Crippen molar-refractivity contribution < 1.29 is 9.21 Å². The van der Waals surface area contributed by atoms with Crippen LogP contribution in [0.4, 0.5) is 0 Å². The van der Waals surface area contributed by atoms with E-state index in [1.54, 1.807) is 18.2 Å². The Hall–Kier alpha value is -1.17. The molecule has 1 heterocycles. The van der Waals surface area contributed by atoms with Crippen LogP contribution in [0.15, 0.2) is 33.7 Å². The summed E-state index contributed by atoms with van der Waals surface area (Å²) in [5.74, 6) is 0. The summed E-state index contributed by atoms with van der Waals surface area (Å²) in [7, 11) is 0. The molecule has 0 aliphatic carbocycles. The monoisotopic (exact) mass is 300 g/mol. The van der Waals surface area contributed by atoms with Crippen LogP contribution < -0.4 is 5.43 Å². The smallest absolute Gasteiger partial charge is 0.203 e. The van der Waals surface area contributed by atoms with Gasteiger partial charge >= 0.3 is 0 Å². The van der Waals surface area contributed by atoms with E-state index in [1.165, 1.54) is 6.26 Å². The van der Waals surface area contributed by atoms with Crippen LogP contribution >= 0.6 is 22.6 Å². The third kappa shape index (κ3) is 1.45. The van der Waals surface area contributed by atoms with Crippen molar-refractivity contribution in [2.75, 3.05) is 0 Å². The minimum absolute atomic E-state index is 0.0544. The zero-order chi connectivity index (χ0) is 10.1. The number of aldehydes is 1. The van der Waals surface area contributed by atoms with Crippen LogP contribution in [0.25, 0.3) is 11.0 Å². The van der Waals surface area contributed by atoms with Gasteiger partial charge in [-0.05, 0) is 40.8 Å². The van der Waals surface area contributed by atoms with Gasteiger partial charge in [-0.3, -0.25) is 9.59 Å². The highest BCUT2D eigenvalue weighted by molar-refractivity contribution is 14.1. The molecule has 0 spiro atoms. The molecule has 0 atom stereocenters. The summed E-state index contributed by atoms with van der Waals surface area (Å²) in [6.07, 6.45) is 1.69. The van der Waals surface area contributed by atoms with Gasteiger partial charge in [0, 0.05) is 3.57 Å². The molecule has 70 valence electrons. The summed E-state index contributed by atoms with van der Waals surface area (Å²) >= 11 is 2.13. The van der Waals surface area contributed by atoms with E-state index in [2.05, 4.69) is 22.6 Å². The number of hydrogen-bond donors (Lipinski definition) is 0. The lowest BCUT2D eigenvalue weighted by molar-refractivity contribution is 0.112. The van der Waals surface area contributed by atoms with Gasteiger partial charge in [0.05, 0.1) is 10.9 Å². The molecular weight excluding hydrogens is 295 g/mol. The normalized spacial score (nSPS) is 10.4. The first kappa shape index (κ1) is 9.39. The third-order valence-corrected chi connectivity index (χ3v) is 2.56. The average molecular weight is 300 g/mol. The van der Waals surface area contributed by atoms with Crippen molar-refractivity contribution in [2.24, 2.45) is 0 Å². The van der Waals surface area contributed by atoms with E-state index in [0.29, 0.717) is 17.3 Å². The van der Waals surface area contributed by atoms with Crippen LogP contribution in [0.5, 0.6) is 0 Å². The molecule has 1 aromatic heterocycles. The van der Waals surface area contributed by atoms with Crippen molar-refractivity contribution in [3.8, 4) is 0 Å². The summed E-state index contributed by atoms with van der Waals surface area (Å²) in [6.45, 7) is 0. The van der Waals surface area contributed by atoms with Crippen molar-refractivity contribution in [1.82, 2.24) is 0 Å². The van der Waals surface area contributed by atoms with Gasteiger partial charge in [-0.25, -0.2) is 0 Å². The van der Waals surface area contributed by atoms with Crippen LogP contribution in [-0.2, 0) is 0 Å². The van der Waals surface area contributed by atoms with Gasteiger partial charge in [0.1, 0.15) is 11.8 Å². The molecule has 0 fully saturated rings. The number of fused-ring (bicyclic) bond motifs is 1. The Balaban J connectivity index is 2.91. The topological polar surface area (TPSA) is 47.3 Å². The average Bonchev–Trinajstić information content (AvgIpc) is 2.18. The van der Waals surface area contributed by atoms with Crippen molar-refractivity contribution in [2.45, 2.75) is 0 Å². The molecule has 0 saturated heterocycles. The van der Waals surface area contributed by atoms with Crippen molar-refractivity contribution >= 4 is 39.8 Å². The summed E-state index contributed by atoms with van der Waals surface area (Å²) in [5, 5.41) is 0.440. The Morgan fingerprint density at radius 2 is 2.14 bits per heavy atom. The number of halogens is 1. The van der Waals surface area contributed by atoms with Crippen molar-refractivity contribution in [3.05, 3.63) is 43.8 Å². The molecule has 0 aliphatic heterocycles. The van der Waals surface area contributed by atoms with E-state index < -0.39 is 0 Å². The largest absolute Gasteiger partial charge is 0.463 e. The summed E-state index contributed by atoms with van der Waals surface area (Å²) in [6, 6.07) is 5.22. The van der Waals surface area contributed by atoms with Crippen molar-refractivity contribution in [1.29, 1.82) is 0 Å². The van der Waals surface area contributed by atoms with Gasteiger partial charge in [-0.15, -0.1) is 0 Å². The molecule has 0 amide bonds. The zero-order valence-electron chi connectivity index (χ0n) is 6.99. The number of rotatable bonds is 1. The molecule has 3 nitrogen and oxygen atoms in total. The molecule has 0 N–H and O–H groups in total. The fourth-order valence-corrected chi connectivity index (χ4v) is 1.66. The van der Waals surface area contributed by atoms with E-state index in [4.69, 9.17) is 4.42 Å². The van der Waals surface area contributed by atoms with Crippen LogP contribution in [0.2, 0.25) is 0 Å². The second kappa shape index (κ2) is 3.53. The molecule has 2 aromatic rings. The number of hydrogen-bond acceptors (Lipinski definition) is 3. The van der Waals surface area contributed by atoms with Gasteiger partial charge in [0.15, 0.2) is 6.29 Å². The van der Waals surface area contributed by atoms with E-state index in [1.807, 2.05) is 0 Å². The Kier molecular flexibility index (Phi) is 2.37. The predicted octanol–water partition coefficient (Wildman–Crippen LogP) is 2.21. The van der Waals surface area contributed by atoms with Gasteiger partial charge in [0.25, 0.3) is 0 Å². The lowest BCUT2D eigenvalue weighted by Gasteiger charge is -1.97. The fourth-order valence-electron chi connectivity index (χ4n) is 1.20. The summed E-state index contributed by atoms with van der Waals surface area (Å²) < 4.78 is 6.14. The molecule has 14 heavy (non-hydrogen) atoms. The lowest BCUT2D eigenvalue weighted by Crippen LogP contribution is -2.07. The maximum atomic E-state index is 11.6. The van der Waals surface area contributed by atoms with Gasteiger partial charge in [0.2, 0.25) is 5.43 Å². The molecular formula is C10H5IO3. The minimum Gasteiger partial charge on any atom is -0.463 e. The van der Waals surface area contributed by atoms with E-state index in [9.17, 15) is 9.59 Å². The number of carbonyl (C=O) groups is 1. The highest BCUT2D eigenvalue weighted by Gasteiger charge is 2.05. The first-order valence-electron chi connectivity index (χ1n) is 3.88. The standard InChI is InChI=1S/C10H5IO3/c11-7-1-2-8-9(3-7)14-5-6(4-12)10(8)13/h1-5H. The van der Waals surface area contributed by atoms with Crippen LogP contribution in [0.1, 0.15) is 10.4 Å². The van der Waals surface area contributed by atoms with Gasteiger partial charge < -0.3 is 4.42 Å². The second-order valence-corrected chi connectivity index (χ2v) is 4.02. The summed E-state index contributed by atoms with van der Waals surface area (Å²) in [4.78, 5) is 22.1. The zero-order valence-corrected chi connectivity index (χ0v) is 9.15. The van der Waals surface area contributed by atoms with Crippen LogP contribution in [0.3, 0.4) is 0 Å². The summed E-state index contributed by atoms with van der Waals surface area (Å²) in [5.41, 5.74) is 0.281. The van der Waals surface area contributed by atoms with Crippen molar-refractivity contribution in [3.63, 3.8) is 0 Å². The Bertz CT molecular complexity index is 557. The molecule has 0 radical (unpaired) electrons. The maximum absolute atomic E-state index is 11.6. The Morgan fingerprint density at radius 1 is 1.36 bits per heavy atom. The first-order chi connectivity index (χ1) is 6.72. The van der Waals surface area contributed by atoms with E-state index in [0.717, 1.165) is 3.57 Å². The molecule has 0 saturated carbocycles. The van der Waals surface area contributed by atoms with Gasteiger partial charge in [-0.1, -0.05) is 0 Å². The highest BCUT2D eigenvalue weighted by Crippen LogP contribution is 2.14. The number of carbonyl (C=O) groups excluding carboxylic acids is 1. The fraction of sp³-hybridized carbons (Fsp3) is 0. The molecule has 0 unspecified atom stereocenters. The quantitative estimate of drug-likeness (QED) is 0.599. The van der Waals surface area contributed by atoms with E-state index in [-0.39, 0.29) is 11.0 Å². The molecule has 4 heteroatoms. The van der Waals surface area contributed by atoms with Crippen LogP contribution in [0, 0.1) is 3.57 Å². The maximum Gasteiger partial charge on any atom is 0.203 e. The number of benzene rings is 1. The molecule has 0 aliphatic rings. The highest BCUT2D eigenvalue weighted by atomic mass is 127. The molecule has 1 aromatic carbocycles. The first-order valence-corrected chi connectivity index (χ1v) is 4.96. The third-order valence-electron chi connectivity index (χ3n) is 1.89. The Morgan fingerprint density at radius 3 is 2.86 bits per heavy atom. The molecule has 0 bridgehead atoms. The Labute approximate surface area is 92.9 Å². The second-order valence-electron chi connectivity index (χ2n) is 2.78. The van der Waals surface area contributed by atoms with Crippen LogP contribution in [-0.4, -0.2) is 6.29 Å². The predicted molar refractivity (Wildman–Crippen MR) is 60.6 cm³/mol. The minimum atomic E-state index is -0.280. The molecule has 2 rings (SSSR count).